The van der Waals surface area contributed by atoms with Crippen molar-refractivity contribution in [3.63, 3.8) is 0 Å². The first-order valence-corrected chi connectivity index (χ1v) is 6.33. The van der Waals surface area contributed by atoms with Crippen LogP contribution in [0.3, 0.4) is 0 Å². The van der Waals surface area contributed by atoms with E-state index in [4.69, 9.17) is 10.6 Å². The molecule has 2 rings (SSSR count). The van der Waals surface area contributed by atoms with Gasteiger partial charge in [-0.3, -0.25) is 10.8 Å². The summed E-state index contributed by atoms with van der Waals surface area (Å²) in [5.74, 6) is 6.30. The van der Waals surface area contributed by atoms with Gasteiger partial charge in [0.25, 0.3) is 0 Å². The van der Waals surface area contributed by atoms with Gasteiger partial charge >= 0.3 is 0 Å². The molecule has 0 bridgehead atoms. The van der Waals surface area contributed by atoms with Crippen LogP contribution < -0.4 is 16.0 Å². The second-order valence-corrected chi connectivity index (χ2v) is 4.86. The van der Waals surface area contributed by atoms with Gasteiger partial charge in [-0.15, -0.1) is 5.10 Å². The van der Waals surface area contributed by atoms with E-state index >= 15 is 0 Å². The monoisotopic (exact) mass is 265 g/mol. The molecule has 0 aliphatic rings. The summed E-state index contributed by atoms with van der Waals surface area (Å²) in [6.45, 7) is 3.94. The lowest BCUT2D eigenvalue weighted by molar-refractivity contribution is 0.241. The smallest absolute Gasteiger partial charge is 0.138 e. The first-order chi connectivity index (χ1) is 8.70. The van der Waals surface area contributed by atoms with Crippen LogP contribution in [0.1, 0.15) is 30.3 Å². The Morgan fingerprint density at radius 2 is 2.17 bits per heavy atom. The molecule has 0 spiro atoms. The second kappa shape index (κ2) is 5.85. The fourth-order valence-electron chi connectivity index (χ4n) is 1.57. The van der Waals surface area contributed by atoms with Crippen molar-refractivity contribution in [1.29, 1.82) is 0 Å². The standard InChI is InChI=1S/C11H15N5OS/c1-7(2)17-9-3-8(4-13-5-9)11(15-12)10-6-14-16-18-10/h3-7,11,15H,12H2,1-2H3. The van der Waals surface area contributed by atoms with Crippen molar-refractivity contribution < 1.29 is 4.74 Å². The van der Waals surface area contributed by atoms with E-state index in [0.717, 1.165) is 16.2 Å². The van der Waals surface area contributed by atoms with Gasteiger partial charge in [-0.05, 0) is 37.0 Å². The highest BCUT2D eigenvalue weighted by molar-refractivity contribution is 7.05. The van der Waals surface area contributed by atoms with Crippen molar-refractivity contribution >= 4 is 11.5 Å². The molecule has 7 heteroatoms. The van der Waals surface area contributed by atoms with E-state index in [-0.39, 0.29) is 12.1 Å². The van der Waals surface area contributed by atoms with E-state index in [1.807, 2.05) is 19.9 Å². The van der Waals surface area contributed by atoms with Gasteiger partial charge in [-0.2, -0.15) is 0 Å². The second-order valence-electron chi connectivity index (χ2n) is 4.04. The average molecular weight is 265 g/mol. The molecule has 18 heavy (non-hydrogen) atoms. The van der Waals surface area contributed by atoms with Gasteiger partial charge in [0.1, 0.15) is 5.75 Å². The Balaban J connectivity index is 2.26. The van der Waals surface area contributed by atoms with Crippen molar-refractivity contribution in [2.75, 3.05) is 0 Å². The molecular formula is C11H15N5OS. The fourth-order valence-corrected chi connectivity index (χ4v) is 2.17. The lowest BCUT2D eigenvalue weighted by Gasteiger charge is -2.15. The van der Waals surface area contributed by atoms with E-state index in [1.165, 1.54) is 11.5 Å². The van der Waals surface area contributed by atoms with E-state index in [2.05, 4.69) is 20.0 Å². The van der Waals surface area contributed by atoms with Crippen LogP contribution in [0.25, 0.3) is 0 Å². The van der Waals surface area contributed by atoms with Gasteiger partial charge in [0.2, 0.25) is 0 Å². The Kier molecular flexibility index (Phi) is 4.19. The topological polar surface area (TPSA) is 86.0 Å². The van der Waals surface area contributed by atoms with E-state index in [9.17, 15) is 0 Å². The number of hydrogen-bond donors (Lipinski definition) is 2. The third kappa shape index (κ3) is 3.00. The zero-order chi connectivity index (χ0) is 13.0. The normalized spacial score (nSPS) is 12.7. The molecule has 0 fully saturated rings. The fraction of sp³-hybridized carbons (Fsp3) is 0.364. The Labute approximate surface area is 109 Å². The van der Waals surface area contributed by atoms with Crippen molar-refractivity contribution in [3.8, 4) is 5.75 Å². The highest BCUT2D eigenvalue weighted by Crippen LogP contribution is 2.25. The molecule has 96 valence electrons. The Hall–Kier alpha value is -1.57. The van der Waals surface area contributed by atoms with E-state index < -0.39 is 0 Å². The predicted molar refractivity (Wildman–Crippen MR) is 69.1 cm³/mol. The van der Waals surface area contributed by atoms with Crippen molar-refractivity contribution in [3.05, 3.63) is 35.1 Å². The van der Waals surface area contributed by atoms with Gasteiger partial charge in [0.05, 0.1) is 29.4 Å². The highest BCUT2D eigenvalue weighted by atomic mass is 32.1. The van der Waals surface area contributed by atoms with Crippen LogP contribution in [0, 0.1) is 0 Å². The van der Waals surface area contributed by atoms with Crippen LogP contribution in [0.5, 0.6) is 5.75 Å². The highest BCUT2D eigenvalue weighted by Gasteiger charge is 2.16. The maximum absolute atomic E-state index is 5.61. The van der Waals surface area contributed by atoms with Crippen LogP contribution in [0.15, 0.2) is 24.7 Å². The molecule has 0 amide bonds. The summed E-state index contributed by atoms with van der Waals surface area (Å²) in [5.41, 5.74) is 3.65. The minimum atomic E-state index is -0.173. The Bertz CT molecular complexity index is 488. The minimum Gasteiger partial charge on any atom is -0.489 e. The molecule has 2 aromatic rings. The van der Waals surface area contributed by atoms with E-state index in [0.29, 0.717) is 0 Å². The maximum atomic E-state index is 5.61. The number of pyridine rings is 1. The van der Waals surface area contributed by atoms with Crippen LogP contribution >= 0.6 is 11.5 Å². The summed E-state index contributed by atoms with van der Waals surface area (Å²) in [4.78, 5) is 5.09. The molecule has 0 aliphatic carbocycles. The summed E-state index contributed by atoms with van der Waals surface area (Å²) < 4.78 is 9.44. The number of ether oxygens (including phenoxy) is 1. The quantitative estimate of drug-likeness (QED) is 0.625. The Morgan fingerprint density at radius 1 is 1.33 bits per heavy atom. The zero-order valence-corrected chi connectivity index (χ0v) is 11.0. The lowest BCUT2D eigenvalue weighted by atomic mass is 10.1. The predicted octanol–water partition coefficient (Wildman–Crippen LogP) is 1.27. The van der Waals surface area contributed by atoms with Gasteiger partial charge in [0, 0.05) is 6.20 Å². The van der Waals surface area contributed by atoms with Crippen molar-refractivity contribution in [2.24, 2.45) is 5.84 Å². The van der Waals surface area contributed by atoms with Gasteiger partial charge in [0.15, 0.2) is 0 Å². The van der Waals surface area contributed by atoms with Crippen molar-refractivity contribution in [1.82, 2.24) is 20.0 Å². The number of nitrogens with zero attached hydrogens (tertiary/aromatic N) is 3. The number of nitrogens with two attached hydrogens (primary N) is 1. The zero-order valence-electron chi connectivity index (χ0n) is 10.2. The third-order valence-corrected chi connectivity index (χ3v) is 3.00. The Morgan fingerprint density at radius 3 is 2.78 bits per heavy atom. The van der Waals surface area contributed by atoms with Crippen LogP contribution in [0.2, 0.25) is 0 Å². The average Bonchev–Trinajstić information content (AvgIpc) is 2.83. The summed E-state index contributed by atoms with van der Waals surface area (Å²) >= 11 is 1.30. The molecule has 2 heterocycles. The number of nitrogens with one attached hydrogen (secondary N) is 1. The number of hydrazine groups is 1. The summed E-state index contributed by atoms with van der Waals surface area (Å²) in [5, 5.41) is 3.81. The largest absolute Gasteiger partial charge is 0.489 e. The molecular weight excluding hydrogens is 250 g/mol. The van der Waals surface area contributed by atoms with Crippen LogP contribution in [-0.2, 0) is 0 Å². The lowest BCUT2D eigenvalue weighted by Crippen LogP contribution is -2.28. The summed E-state index contributed by atoms with van der Waals surface area (Å²) in [7, 11) is 0. The number of rotatable bonds is 5. The molecule has 0 aliphatic heterocycles. The minimum absolute atomic E-state index is 0.108. The number of hydrogen-bond acceptors (Lipinski definition) is 7. The van der Waals surface area contributed by atoms with Crippen LogP contribution in [0.4, 0.5) is 0 Å². The molecule has 2 aromatic heterocycles. The first-order valence-electron chi connectivity index (χ1n) is 5.55. The maximum Gasteiger partial charge on any atom is 0.138 e. The molecule has 6 nitrogen and oxygen atoms in total. The third-order valence-electron chi connectivity index (χ3n) is 2.27. The van der Waals surface area contributed by atoms with Gasteiger partial charge in [-0.1, -0.05) is 4.49 Å². The summed E-state index contributed by atoms with van der Waals surface area (Å²) in [6.07, 6.45) is 5.22. The summed E-state index contributed by atoms with van der Waals surface area (Å²) in [6, 6.07) is 1.74. The molecule has 0 radical (unpaired) electrons. The van der Waals surface area contributed by atoms with Crippen molar-refractivity contribution in [2.45, 2.75) is 26.0 Å². The molecule has 1 atom stereocenters. The van der Waals surface area contributed by atoms with Gasteiger partial charge < -0.3 is 4.74 Å². The molecule has 1 unspecified atom stereocenters. The SMILES string of the molecule is CC(C)Oc1cncc(C(NN)c2cnns2)c1. The molecule has 3 N–H and O–H groups in total. The molecule has 0 saturated carbocycles. The molecule has 0 aromatic carbocycles. The first kappa shape index (κ1) is 12.9. The van der Waals surface area contributed by atoms with Crippen LogP contribution in [-0.4, -0.2) is 20.7 Å². The molecule has 0 saturated heterocycles. The van der Waals surface area contributed by atoms with E-state index in [1.54, 1.807) is 18.6 Å². The number of aromatic nitrogens is 3. The van der Waals surface area contributed by atoms with Gasteiger partial charge in [-0.25, -0.2) is 5.43 Å².